The maximum absolute atomic E-state index is 11.7. The molecule has 2 heterocycles. The summed E-state index contributed by atoms with van der Waals surface area (Å²) in [4.78, 5) is 23.0. The van der Waals surface area contributed by atoms with Crippen LogP contribution < -0.4 is 10.6 Å². The van der Waals surface area contributed by atoms with Crippen molar-refractivity contribution in [2.45, 2.75) is 25.7 Å². The van der Waals surface area contributed by atoms with Crippen LogP contribution in [0.5, 0.6) is 0 Å². The van der Waals surface area contributed by atoms with Crippen molar-refractivity contribution in [3.05, 3.63) is 35.6 Å². The van der Waals surface area contributed by atoms with Crippen LogP contribution in [0.3, 0.4) is 0 Å². The summed E-state index contributed by atoms with van der Waals surface area (Å²) in [5.41, 5.74) is 3.65. The van der Waals surface area contributed by atoms with Gasteiger partial charge in [-0.1, -0.05) is 12.2 Å². The number of hydrogen-bond donors (Lipinski definition) is 2. The summed E-state index contributed by atoms with van der Waals surface area (Å²) < 4.78 is 5.62. The molecule has 1 aromatic carbocycles. The van der Waals surface area contributed by atoms with Crippen molar-refractivity contribution in [2.75, 3.05) is 12.4 Å². The molecule has 0 saturated carbocycles. The quantitative estimate of drug-likeness (QED) is 0.911. The van der Waals surface area contributed by atoms with Gasteiger partial charge in [0.05, 0.1) is 6.26 Å². The van der Waals surface area contributed by atoms with E-state index in [0.29, 0.717) is 12.8 Å². The van der Waals surface area contributed by atoms with Gasteiger partial charge in [0, 0.05) is 36.5 Å². The van der Waals surface area contributed by atoms with Crippen LogP contribution in [0.1, 0.15) is 30.4 Å². The first-order chi connectivity index (χ1) is 10.7. The SMILES string of the molecule is CNC(=O)CCCc1coc2ccc3c(c12)C=CCC(=O)N3. The fraction of sp³-hybridized carbons (Fsp3) is 0.294. The largest absolute Gasteiger partial charge is 0.464 e. The number of carbonyl (C=O) groups is 2. The van der Waals surface area contributed by atoms with Gasteiger partial charge in [0.1, 0.15) is 5.58 Å². The normalized spacial score (nSPS) is 13.6. The van der Waals surface area contributed by atoms with E-state index in [1.807, 2.05) is 24.3 Å². The minimum Gasteiger partial charge on any atom is -0.464 e. The van der Waals surface area contributed by atoms with Crippen molar-refractivity contribution < 1.29 is 14.0 Å². The lowest BCUT2D eigenvalue weighted by molar-refractivity contribution is -0.120. The first kappa shape index (κ1) is 14.4. The first-order valence-corrected chi connectivity index (χ1v) is 7.39. The minimum atomic E-state index is -0.0148. The second kappa shape index (κ2) is 6.05. The molecule has 0 spiro atoms. The van der Waals surface area contributed by atoms with Crippen molar-refractivity contribution in [3.8, 4) is 0 Å². The van der Waals surface area contributed by atoms with Crippen molar-refractivity contribution in [3.63, 3.8) is 0 Å². The molecule has 114 valence electrons. The number of rotatable bonds is 4. The number of fused-ring (bicyclic) bond motifs is 3. The molecule has 1 aromatic heterocycles. The summed E-state index contributed by atoms with van der Waals surface area (Å²) in [6.45, 7) is 0. The van der Waals surface area contributed by atoms with Crippen LogP contribution in [0.2, 0.25) is 0 Å². The van der Waals surface area contributed by atoms with Gasteiger partial charge in [0.25, 0.3) is 0 Å². The van der Waals surface area contributed by atoms with Gasteiger partial charge in [-0.05, 0) is 30.5 Å². The third-order valence-electron chi connectivity index (χ3n) is 3.85. The summed E-state index contributed by atoms with van der Waals surface area (Å²) in [5, 5.41) is 6.55. The number of amides is 2. The Morgan fingerprint density at radius 2 is 2.27 bits per heavy atom. The van der Waals surface area contributed by atoms with Gasteiger partial charge in [0.15, 0.2) is 0 Å². The molecular formula is C17H18N2O3. The molecular weight excluding hydrogens is 280 g/mol. The lowest BCUT2D eigenvalue weighted by atomic mass is 10.0. The Bertz CT molecular complexity index is 759. The molecule has 22 heavy (non-hydrogen) atoms. The Hall–Kier alpha value is -2.56. The Balaban J connectivity index is 1.93. The van der Waals surface area contributed by atoms with Gasteiger partial charge in [-0.25, -0.2) is 0 Å². The van der Waals surface area contributed by atoms with E-state index < -0.39 is 0 Å². The molecule has 5 nitrogen and oxygen atoms in total. The number of hydrogen-bond acceptors (Lipinski definition) is 3. The highest BCUT2D eigenvalue weighted by atomic mass is 16.3. The zero-order valence-corrected chi connectivity index (χ0v) is 12.4. The summed E-state index contributed by atoms with van der Waals surface area (Å²) in [5.74, 6) is 0.0257. The van der Waals surface area contributed by atoms with Gasteiger partial charge in [0.2, 0.25) is 11.8 Å². The highest BCUT2D eigenvalue weighted by Gasteiger charge is 2.16. The van der Waals surface area contributed by atoms with E-state index in [4.69, 9.17) is 4.42 Å². The second-order valence-corrected chi connectivity index (χ2v) is 5.34. The van der Waals surface area contributed by atoms with Crippen LogP contribution >= 0.6 is 0 Å². The van der Waals surface area contributed by atoms with Crippen molar-refractivity contribution in [1.82, 2.24) is 5.32 Å². The zero-order chi connectivity index (χ0) is 15.5. The van der Waals surface area contributed by atoms with Gasteiger partial charge in [-0.15, -0.1) is 0 Å². The average Bonchev–Trinajstić information content (AvgIpc) is 2.82. The molecule has 0 radical (unpaired) electrons. The van der Waals surface area contributed by atoms with Crippen molar-refractivity contribution in [1.29, 1.82) is 0 Å². The number of furan rings is 1. The first-order valence-electron chi connectivity index (χ1n) is 7.39. The highest BCUT2D eigenvalue weighted by Crippen LogP contribution is 2.33. The average molecular weight is 298 g/mol. The van der Waals surface area contributed by atoms with E-state index in [-0.39, 0.29) is 11.8 Å². The Labute approximate surface area is 128 Å². The number of anilines is 1. The predicted octanol–water partition coefficient (Wildman–Crippen LogP) is 2.86. The summed E-state index contributed by atoms with van der Waals surface area (Å²) in [6, 6.07) is 3.74. The Kier molecular flexibility index (Phi) is 3.96. The van der Waals surface area contributed by atoms with E-state index in [1.54, 1.807) is 13.3 Å². The molecule has 2 amide bonds. The van der Waals surface area contributed by atoms with Gasteiger partial charge >= 0.3 is 0 Å². The molecule has 0 aliphatic carbocycles. The topological polar surface area (TPSA) is 71.3 Å². The molecule has 1 aliphatic heterocycles. The fourth-order valence-corrected chi connectivity index (χ4v) is 2.74. The molecule has 5 heteroatoms. The summed E-state index contributed by atoms with van der Waals surface area (Å²) >= 11 is 0. The lowest BCUT2D eigenvalue weighted by Crippen LogP contribution is -2.17. The van der Waals surface area contributed by atoms with Crippen molar-refractivity contribution >= 4 is 34.5 Å². The molecule has 3 rings (SSSR count). The molecule has 2 N–H and O–H groups in total. The van der Waals surface area contributed by atoms with E-state index >= 15 is 0 Å². The van der Waals surface area contributed by atoms with Crippen LogP contribution in [0.15, 0.2) is 28.9 Å². The lowest BCUT2D eigenvalue weighted by Gasteiger charge is -2.08. The van der Waals surface area contributed by atoms with E-state index in [1.165, 1.54) is 0 Å². The second-order valence-electron chi connectivity index (χ2n) is 5.34. The summed E-state index contributed by atoms with van der Waals surface area (Å²) in [6.07, 6.45) is 7.96. The number of aryl methyl sites for hydroxylation is 1. The van der Waals surface area contributed by atoms with Gasteiger partial charge in [-0.2, -0.15) is 0 Å². The molecule has 0 atom stereocenters. The molecule has 2 aromatic rings. The van der Waals surface area contributed by atoms with Crippen LogP contribution in [0, 0.1) is 0 Å². The molecule has 1 aliphatic rings. The molecule has 0 fully saturated rings. The highest BCUT2D eigenvalue weighted by molar-refractivity contribution is 6.03. The van der Waals surface area contributed by atoms with Crippen LogP contribution in [-0.2, 0) is 16.0 Å². The third kappa shape index (κ3) is 2.74. The standard InChI is InChI=1S/C17H18N2O3/c1-18-15(20)6-2-4-11-10-22-14-9-8-13-12(17(11)14)5-3-7-16(21)19-13/h3,5,8-10H,2,4,6-7H2,1H3,(H,18,20)(H,19,21). The van der Waals surface area contributed by atoms with E-state index in [9.17, 15) is 9.59 Å². The van der Waals surface area contributed by atoms with Crippen LogP contribution in [0.4, 0.5) is 5.69 Å². The minimum absolute atomic E-state index is 0.0148. The van der Waals surface area contributed by atoms with E-state index in [0.717, 1.165) is 40.6 Å². The number of nitrogens with one attached hydrogen (secondary N) is 2. The van der Waals surface area contributed by atoms with E-state index in [2.05, 4.69) is 10.6 Å². The predicted molar refractivity (Wildman–Crippen MR) is 85.5 cm³/mol. The molecule has 0 bridgehead atoms. The maximum atomic E-state index is 11.7. The zero-order valence-electron chi connectivity index (χ0n) is 12.4. The molecule has 0 unspecified atom stereocenters. The van der Waals surface area contributed by atoms with Crippen LogP contribution in [0.25, 0.3) is 17.0 Å². The Morgan fingerprint density at radius 3 is 3.09 bits per heavy atom. The smallest absolute Gasteiger partial charge is 0.228 e. The van der Waals surface area contributed by atoms with Gasteiger partial charge < -0.3 is 15.1 Å². The van der Waals surface area contributed by atoms with Crippen molar-refractivity contribution in [2.24, 2.45) is 0 Å². The number of benzene rings is 1. The number of carbonyl (C=O) groups excluding carboxylic acids is 2. The monoisotopic (exact) mass is 298 g/mol. The third-order valence-corrected chi connectivity index (χ3v) is 3.85. The van der Waals surface area contributed by atoms with Crippen LogP contribution in [-0.4, -0.2) is 18.9 Å². The van der Waals surface area contributed by atoms with Gasteiger partial charge in [-0.3, -0.25) is 9.59 Å². The summed E-state index contributed by atoms with van der Waals surface area (Å²) in [7, 11) is 1.64. The Morgan fingerprint density at radius 1 is 1.41 bits per heavy atom. The maximum Gasteiger partial charge on any atom is 0.228 e. The fourth-order valence-electron chi connectivity index (χ4n) is 2.74. The molecule has 0 saturated heterocycles.